The van der Waals surface area contributed by atoms with Crippen LogP contribution in [0.1, 0.15) is 5.56 Å². The average Bonchev–Trinajstić information content (AvgIpc) is 2.77. The number of hydrogen-bond donors (Lipinski definition) is 2. The molecule has 0 aliphatic carbocycles. The van der Waals surface area contributed by atoms with Gasteiger partial charge in [-0.1, -0.05) is 15.9 Å². The van der Waals surface area contributed by atoms with Crippen LogP contribution in [0.2, 0.25) is 0 Å². The molecule has 0 bridgehead atoms. The zero-order valence-corrected chi connectivity index (χ0v) is 11.1. The van der Waals surface area contributed by atoms with E-state index in [1.54, 1.807) is 18.2 Å². The highest BCUT2D eigenvalue weighted by atomic mass is 79.9. The number of rotatable bonds is 2. The van der Waals surface area contributed by atoms with Gasteiger partial charge in [-0.25, -0.2) is 0 Å². The van der Waals surface area contributed by atoms with E-state index < -0.39 is 0 Å². The molecule has 94 valence electrons. The fourth-order valence-electron chi connectivity index (χ4n) is 1.78. The minimum atomic E-state index is -0.361. The molecule has 0 aromatic heterocycles. The van der Waals surface area contributed by atoms with Crippen LogP contribution in [0.5, 0.6) is 0 Å². The van der Waals surface area contributed by atoms with Crippen LogP contribution in [0.3, 0.4) is 0 Å². The molecule has 3 N–H and O–H groups in total. The standard InChI is InChI=1S/C12H12BrN3O2/c13-8-1-2-11(7(3-8)4-14)16-12(17)9-5-18-6-10(9)15/h1-3,9-10H,5-6,15H2,(H,16,17). The van der Waals surface area contributed by atoms with Crippen molar-refractivity contribution in [1.82, 2.24) is 0 Å². The molecule has 0 spiro atoms. The van der Waals surface area contributed by atoms with Crippen molar-refractivity contribution in [1.29, 1.82) is 5.26 Å². The highest BCUT2D eigenvalue weighted by Gasteiger charge is 2.31. The van der Waals surface area contributed by atoms with Crippen molar-refractivity contribution < 1.29 is 9.53 Å². The molecule has 2 atom stereocenters. The quantitative estimate of drug-likeness (QED) is 0.860. The summed E-state index contributed by atoms with van der Waals surface area (Å²) in [6.45, 7) is 0.717. The Morgan fingerprint density at radius 2 is 2.33 bits per heavy atom. The van der Waals surface area contributed by atoms with Crippen LogP contribution in [0.4, 0.5) is 5.69 Å². The van der Waals surface area contributed by atoms with Crippen LogP contribution < -0.4 is 11.1 Å². The van der Waals surface area contributed by atoms with E-state index in [2.05, 4.69) is 21.2 Å². The van der Waals surface area contributed by atoms with Gasteiger partial charge in [0.1, 0.15) is 6.07 Å². The van der Waals surface area contributed by atoms with Crippen LogP contribution in [0.15, 0.2) is 22.7 Å². The third-order valence-electron chi connectivity index (χ3n) is 2.82. The van der Waals surface area contributed by atoms with Gasteiger partial charge in [0, 0.05) is 10.5 Å². The van der Waals surface area contributed by atoms with Crippen molar-refractivity contribution >= 4 is 27.5 Å². The summed E-state index contributed by atoms with van der Waals surface area (Å²) in [6, 6.07) is 6.85. The average molecular weight is 310 g/mol. The van der Waals surface area contributed by atoms with Gasteiger partial charge in [-0.2, -0.15) is 5.26 Å². The van der Waals surface area contributed by atoms with Gasteiger partial charge >= 0.3 is 0 Å². The zero-order chi connectivity index (χ0) is 13.1. The molecule has 1 aromatic carbocycles. The van der Waals surface area contributed by atoms with Crippen molar-refractivity contribution in [3.05, 3.63) is 28.2 Å². The number of nitriles is 1. The van der Waals surface area contributed by atoms with Gasteiger partial charge in [-0.15, -0.1) is 0 Å². The molecule has 5 nitrogen and oxygen atoms in total. The number of nitrogens with two attached hydrogens (primary N) is 1. The first-order valence-electron chi connectivity index (χ1n) is 5.45. The first-order chi connectivity index (χ1) is 8.61. The number of hydrogen-bond acceptors (Lipinski definition) is 4. The van der Waals surface area contributed by atoms with Crippen molar-refractivity contribution in [3.63, 3.8) is 0 Å². The lowest BCUT2D eigenvalue weighted by molar-refractivity contribution is -0.120. The third-order valence-corrected chi connectivity index (χ3v) is 3.31. The summed E-state index contributed by atoms with van der Waals surface area (Å²) in [7, 11) is 0. The second kappa shape index (κ2) is 5.48. The maximum atomic E-state index is 12.0. The molecule has 1 saturated heterocycles. The second-order valence-corrected chi connectivity index (χ2v) is 5.01. The molecule has 1 aliphatic rings. The Morgan fingerprint density at radius 1 is 1.56 bits per heavy atom. The monoisotopic (exact) mass is 309 g/mol. The summed E-state index contributed by atoms with van der Waals surface area (Å²) in [5, 5.41) is 11.7. The van der Waals surface area contributed by atoms with E-state index in [9.17, 15) is 4.79 Å². The minimum Gasteiger partial charge on any atom is -0.379 e. The normalized spacial score (nSPS) is 22.5. The molecular weight excluding hydrogens is 298 g/mol. The summed E-state index contributed by atoms with van der Waals surface area (Å²) in [5.41, 5.74) is 6.67. The van der Waals surface area contributed by atoms with E-state index in [4.69, 9.17) is 15.7 Å². The van der Waals surface area contributed by atoms with E-state index in [0.717, 1.165) is 4.47 Å². The number of ether oxygens (including phenoxy) is 1. The predicted molar refractivity (Wildman–Crippen MR) is 69.8 cm³/mol. The van der Waals surface area contributed by atoms with Gasteiger partial charge < -0.3 is 15.8 Å². The van der Waals surface area contributed by atoms with Gasteiger partial charge in [0.15, 0.2) is 0 Å². The lowest BCUT2D eigenvalue weighted by Gasteiger charge is -2.14. The minimum absolute atomic E-state index is 0.209. The van der Waals surface area contributed by atoms with Gasteiger partial charge in [-0.05, 0) is 18.2 Å². The first kappa shape index (κ1) is 13.0. The SMILES string of the molecule is N#Cc1cc(Br)ccc1NC(=O)C1COCC1N. The van der Waals surface area contributed by atoms with Crippen LogP contribution in [-0.2, 0) is 9.53 Å². The molecule has 1 aromatic rings. The zero-order valence-electron chi connectivity index (χ0n) is 9.52. The Kier molecular flexibility index (Phi) is 3.97. The van der Waals surface area contributed by atoms with E-state index in [0.29, 0.717) is 24.5 Å². The van der Waals surface area contributed by atoms with Crippen LogP contribution in [0.25, 0.3) is 0 Å². The largest absolute Gasteiger partial charge is 0.379 e. The maximum absolute atomic E-state index is 12.0. The molecule has 2 unspecified atom stereocenters. The fourth-order valence-corrected chi connectivity index (χ4v) is 2.15. The maximum Gasteiger partial charge on any atom is 0.231 e. The second-order valence-electron chi connectivity index (χ2n) is 4.10. The van der Waals surface area contributed by atoms with Crippen molar-refractivity contribution in [2.24, 2.45) is 11.7 Å². The number of nitrogens with one attached hydrogen (secondary N) is 1. The molecule has 2 rings (SSSR count). The number of carbonyl (C=O) groups is 1. The number of benzene rings is 1. The molecule has 6 heteroatoms. The van der Waals surface area contributed by atoms with Gasteiger partial charge in [0.05, 0.1) is 30.4 Å². The van der Waals surface area contributed by atoms with E-state index >= 15 is 0 Å². The van der Waals surface area contributed by atoms with Gasteiger partial charge in [-0.3, -0.25) is 4.79 Å². The lowest BCUT2D eigenvalue weighted by Crippen LogP contribution is -2.37. The number of halogens is 1. The van der Waals surface area contributed by atoms with Crippen LogP contribution in [-0.4, -0.2) is 25.2 Å². The number of carbonyl (C=O) groups excluding carboxylic acids is 1. The Bertz CT molecular complexity index is 513. The summed E-state index contributed by atoms with van der Waals surface area (Å²) in [4.78, 5) is 12.0. The molecule has 1 heterocycles. The Morgan fingerprint density at radius 3 is 2.94 bits per heavy atom. The van der Waals surface area contributed by atoms with E-state index in [1.807, 2.05) is 6.07 Å². The molecule has 1 amide bonds. The molecule has 1 aliphatic heterocycles. The van der Waals surface area contributed by atoms with Gasteiger partial charge in [0.25, 0.3) is 0 Å². The fraction of sp³-hybridized carbons (Fsp3) is 0.333. The summed E-state index contributed by atoms with van der Waals surface area (Å²) in [6.07, 6.45) is 0. The van der Waals surface area contributed by atoms with Crippen LogP contribution >= 0.6 is 15.9 Å². The Labute approximate surface area is 113 Å². The van der Waals surface area contributed by atoms with Gasteiger partial charge in [0.2, 0.25) is 5.91 Å². The third kappa shape index (κ3) is 2.70. The predicted octanol–water partition coefficient (Wildman–Crippen LogP) is 1.23. The smallest absolute Gasteiger partial charge is 0.231 e. The van der Waals surface area contributed by atoms with Crippen LogP contribution in [0, 0.1) is 17.2 Å². The van der Waals surface area contributed by atoms with E-state index in [-0.39, 0.29) is 17.9 Å². The summed E-state index contributed by atoms with van der Waals surface area (Å²) >= 11 is 3.28. The molecule has 1 fully saturated rings. The number of nitrogens with zero attached hydrogens (tertiary/aromatic N) is 1. The van der Waals surface area contributed by atoms with Crippen molar-refractivity contribution in [2.75, 3.05) is 18.5 Å². The summed E-state index contributed by atoms with van der Waals surface area (Å²) < 4.78 is 5.94. The van der Waals surface area contributed by atoms with Crippen molar-refractivity contribution in [2.45, 2.75) is 6.04 Å². The molecule has 0 saturated carbocycles. The highest BCUT2D eigenvalue weighted by Crippen LogP contribution is 2.22. The Balaban J connectivity index is 2.14. The van der Waals surface area contributed by atoms with E-state index in [1.165, 1.54) is 0 Å². The number of amides is 1. The Hall–Kier alpha value is -1.42. The topological polar surface area (TPSA) is 88.1 Å². The highest BCUT2D eigenvalue weighted by molar-refractivity contribution is 9.10. The molecule has 0 radical (unpaired) electrons. The number of anilines is 1. The lowest BCUT2D eigenvalue weighted by atomic mass is 10.0. The molecular formula is C12H12BrN3O2. The first-order valence-corrected chi connectivity index (χ1v) is 6.25. The summed E-state index contributed by atoms with van der Waals surface area (Å²) in [5.74, 6) is -0.570. The molecule has 18 heavy (non-hydrogen) atoms. The van der Waals surface area contributed by atoms with Crippen molar-refractivity contribution in [3.8, 4) is 6.07 Å².